The number of aromatic hydroxyl groups is 1. The molecule has 156 valence electrons. The Morgan fingerprint density at radius 2 is 2.13 bits per heavy atom. The Morgan fingerprint density at radius 1 is 1.27 bits per heavy atom. The monoisotopic (exact) mass is 413 g/mol. The molecule has 7 nitrogen and oxygen atoms in total. The third-order valence-corrected chi connectivity index (χ3v) is 5.98. The first-order chi connectivity index (χ1) is 14.4. The van der Waals surface area contributed by atoms with Crippen LogP contribution in [0.4, 0.5) is 8.78 Å². The Hall–Kier alpha value is -3.07. The number of alkyl halides is 1. The van der Waals surface area contributed by atoms with E-state index in [0.29, 0.717) is 23.4 Å². The van der Waals surface area contributed by atoms with Gasteiger partial charge in [-0.3, -0.25) is 0 Å². The van der Waals surface area contributed by atoms with E-state index in [1.807, 2.05) is 6.92 Å². The molecule has 0 spiro atoms. The molecule has 4 atom stereocenters. The Labute approximate surface area is 171 Å². The number of phenols is 1. The van der Waals surface area contributed by atoms with Crippen LogP contribution in [0.25, 0.3) is 16.9 Å². The van der Waals surface area contributed by atoms with Crippen molar-refractivity contribution in [3.63, 3.8) is 0 Å². The molecule has 1 unspecified atom stereocenters. The Balaban J connectivity index is 1.33. The van der Waals surface area contributed by atoms with E-state index in [1.165, 1.54) is 16.9 Å². The highest BCUT2D eigenvalue weighted by molar-refractivity contribution is 5.68. The van der Waals surface area contributed by atoms with Gasteiger partial charge in [-0.25, -0.2) is 13.5 Å². The number of hydrogen-bond donors (Lipinski definition) is 2. The lowest BCUT2D eigenvalue weighted by Gasteiger charge is -2.39. The van der Waals surface area contributed by atoms with E-state index >= 15 is 0 Å². The topological polar surface area (TPSA) is 85.1 Å². The van der Waals surface area contributed by atoms with Crippen molar-refractivity contribution in [2.45, 2.75) is 50.0 Å². The second kappa shape index (κ2) is 7.02. The minimum atomic E-state index is -1.12. The maximum Gasteiger partial charge on any atom is 0.233 e. The predicted octanol–water partition coefficient (Wildman–Crippen LogP) is 3.17. The molecule has 2 fully saturated rings. The summed E-state index contributed by atoms with van der Waals surface area (Å²) in [4.78, 5) is 0. The molecule has 9 heteroatoms. The molecule has 2 aliphatic heterocycles. The summed E-state index contributed by atoms with van der Waals surface area (Å²) in [6.07, 6.45) is 2.95. The molecule has 0 amide bonds. The lowest BCUT2D eigenvalue weighted by molar-refractivity contribution is 0.00813. The van der Waals surface area contributed by atoms with Gasteiger partial charge in [0.25, 0.3) is 0 Å². The van der Waals surface area contributed by atoms with Gasteiger partial charge >= 0.3 is 0 Å². The summed E-state index contributed by atoms with van der Waals surface area (Å²) in [5, 5.41) is 25.8. The van der Waals surface area contributed by atoms with Gasteiger partial charge in [-0.15, -0.1) is 10.2 Å². The maximum absolute atomic E-state index is 14.9. The lowest BCUT2D eigenvalue weighted by Crippen LogP contribution is -2.59. The second-order valence-electron chi connectivity index (χ2n) is 8.15. The first kappa shape index (κ1) is 18.9. The highest BCUT2D eigenvalue weighted by atomic mass is 19.1. The largest absolute Gasteiger partial charge is 0.507 e. The Bertz CT molecular complexity index is 1070. The highest BCUT2D eigenvalue weighted by Crippen LogP contribution is 2.39. The summed E-state index contributed by atoms with van der Waals surface area (Å²) in [6, 6.07) is 8.35. The summed E-state index contributed by atoms with van der Waals surface area (Å²) in [6.45, 7) is 1.89. The number of phenolic OH excluding ortho intramolecular Hbond substituents is 1. The number of piperidine rings is 1. The summed E-state index contributed by atoms with van der Waals surface area (Å²) >= 11 is 0. The average molecular weight is 413 g/mol. The van der Waals surface area contributed by atoms with Crippen molar-refractivity contribution >= 4 is 0 Å². The van der Waals surface area contributed by atoms with Gasteiger partial charge in [-0.1, -0.05) is 0 Å². The summed E-state index contributed by atoms with van der Waals surface area (Å²) in [7, 11) is 0. The van der Waals surface area contributed by atoms with Crippen LogP contribution in [0, 0.1) is 5.82 Å². The van der Waals surface area contributed by atoms with Gasteiger partial charge in [0.2, 0.25) is 5.88 Å². The third-order valence-electron chi connectivity index (χ3n) is 5.98. The van der Waals surface area contributed by atoms with Gasteiger partial charge in [-0.05, 0) is 38.0 Å². The van der Waals surface area contributed by atoms with Crippen molar-refractivity contribution < 1.29 is 18.6 Å². The zero-order valence-electron chi connectivity index (χ0n) is 16.3. The molecule has 4 heterocycles. The number of aromatic nitrogens is 4. The van der Waals surface area contributed by atoms with E-state index in [2.05, 4.69) is 20.6 Å². The van der Waals surface area contributed by atoms with Crippen LogP contribution < -0.4 is 10.1 Å². The van der Waals surface area contributed by atoms with Gasteiger partial charge in [-0.2, -0.15) is 5.10 Å². The fourth-order valence-corrected chi connectivity index (χ4v) is 4.40. The molecule has 0 radical (unpaired) electrons. The number of ether oxygens (including phenoxy) is 1. The van der Waals surface area contributed by atoms with E-state index < -0.39 is 23.6 Å². The fraction of sp³-hybridized carbons (Fsp3) is 0.381. The quantitative estimate of drug-likeness (QED) is 0.684. The van der Waals surface area contributed by atoms with Gasteiger partial charge in [0, 0.05) is 30.2 Å². The molecular weight excluding hydrogens is 392 g/mol. The van der Waals surface area contributed by atoms with Gasteiger partial charge < -0.3 is 15.2 Å². The van der Waals surface area contributed by atoms with Crippen molar-refractivity contribution in [2.75, 3.05) is 0 Å². The van der Waals surface area contributed by atoms with Crippen molar-refractivity contribution in [3.05, 3.63) is 48.5 Å². The first-order valence-electron chi connectivity index (χ1n) is 9.87. The van der Waals surface area contributed by atoms with Crippen LogP contribution in [0.15, 0.2) is 42.7 Å². The third kappa shape index (κ3) is 3.28. The Morgan fingerprint density at radius 3 is 2.83 bits per heavy atom. The molecule has 3 aromatic rings. The normalized spacial score (nSPS) is 27.9. The van der Waals surface area contributed by atoms with E-state index in [4.69, 9.17) is 4.74 Å². The maximum atomic E-state index is 14.9. The molecule has 2 N–H and O–H groups in total. The molecule has 2 saturated heterocycles. The van der Waals surface area contributed by atoms with E-state index in [9.17, 15) is 13.9 Å². The SMILES string of the molecule is C[C@@]12CCC(C[C@H](Oc3ccc(-c4ccc(-n5cc(F)cn5)cc4O)nn3)[C@@H]1F)N2. The molecule has 2 aliphatic rings. The number of benzene rings is 1. The van der Waals surface area contributed by atoms with Crippen LogP contribution in [-0.2, 0) is 0 Å². The van der Waals surface area contributed by atoms with Crippen molar-refractivity contribution in [1.82, 2.24) is 25.3 Å². The summed E-state index contributed by atoms with van der Waals surface area (Å²) in [5.74, 6) is -0.260. The zero-order valence-corrected chi connectivity index (χ0v) is 16.3. The molecular formula is C21H21F2N5O2. The average Bonchev–Trinajstić information content (AvgIpc) is 3.31. The van der Waals surface area contributed by atoms with Crippen LogP contribution in [0.2, 0.25) is 0 Å². The van der Waals surface area contributed by atoms with Crippen LogP contribution in [-0.4, -0.2) is 48.9 Å². The lowest BCUT2D eigenvalue weighted by atomic mass is 9.88. The second-order valence-corrected chi connectivity index (χ2v) is 8.15. The van der Waals surface area contributed by atoms with E-state index in [0.717, 1.165) is 19.0 Å². The minimum Gasteiger partial charge on any atom is -0.507 e. The smallest absolute Gasteiger partial charge is 0.233 e. The number of nitrogens with one attached hydrogen (secondary N) is 1. The van der Waals surface area contributed by atoms with E-state index in [1.54, 1.807) is 24.3 Å². The van der Waals surface area contributed by atoms with Crippen LogP contribution in [0.5, 0.6) is 11.6 Å². The number of halogens is 2. The molecule has 2 bridgehead atoms. The molecule has 2 aromatic heterocycles. The Kier molecular flexibility index (Phi) is 4.43. The molecule has 0 saturated carbocycles. The van der Waals surface area contributed by atoms with Crippen molar-refractivity contribution in [1.29, 1.82) is 0 Å². The highest BCUT2D eigenvalue weighted by Gasteiger charge is 2.51. The number of fused-ring (bicyclic) bond motifs is 2. The van der Waals surface area contributed by atoms with Crippen molar-refractivity contribution in [2.24, 2.45) is 0 Å². The molecule has 0 aliphatic carbocycles. The van der Waals surface area contributed by atoms with Crippen LogP contribution in [0.3, 0.4) is 0 Å². The molecule has 30 heavy (non-hydrogen) atoms. The molecule has 5 rings (SSSR count). The van der Waals surface area contributed by atoms with Gasteiger partial charge in [0.05, 0.1) is 29.3 Å². The predicted molar refractivity (Wildman–Crippen MR) is 105 cm³/mol. The van der Waals surface area contributed by atoms with Crippen LogP contribution in [0.1, 0.15) is 26.2 Å². The van der Waals surface area contributed by atoms with Crippen molar-refractivity contribution in [3.8, 4) is 28.6 Å². The minimum absolute atomic E-state index is 0.0435. The zero-order chi connectivity index (χ0) is 20.9. The van der Waals surface area contributed by atoms with Gasteiger partial charge in [0.1, 0.15) is 11.9 Å². The molecule has 1 aromatic carbocycles. The van der Waals surface area contributed by atoms with Crippen LogP contribution >= 0.6 is 0 Å². The number of hydrogen-bond acceptors (Lipinski definition) is 6. The summed E-state index contributed by atoms with van der Waals surface area (Å²) < 4.78 is 35.2. The standard InChI is InChI=1S/C21H21F2N5O2/c1-21-7-6-13(25-21)8-18(20(21)23)30-19-5-4-16(26-27-19)15-3-2-14(9-17(15)29)28-11-12(22)10-24-28/h2-5,9-11,13,18,20,25,29H,6-8H2,1H3/t13?,18-,20-,21+/m0/s1. The number of nitrogens with zero attached hydrogens (tertiary/aromatic N) is 4. The fourth-order valence-electron chi connectivity index (χ4n) is 4.40. The van der Waals surface area contributed by atoms with E-state index in [-0.39, 0.29) is 17.7 Å². The number of rotatable bonds is 4. The summed E-state index contributed by atoms with van der Waals surface area (Å²) in [5.41, 5.74) is 0.857. The first-order valence-corrected chi connectivity index (χ1v) is 9.87. The van der Waals surface area contributed by atoms with Gasteiger partial charge in [0.15, 0.2) is 12.0 Å².